The summed E-state index contributed by atoms with van der Waals surface area (Å²) >= 11 is 5.29. The number of benzene rings is 3. The molecule has 7 nitrogen and oxygen atoms in total. The Bertz CT molecular complexity index is 1130. The number of thiocarbonyl (C=S) groups is 1. The third-order valence-corrected chi connectivity index (χ3v) is 4.85. The minimum atomic E-state index is -0.458. The van der Waals surface area contributed by atoms with Crippen LogP contribution in [0.5, 0.6) is 11.5 Å². The summed E-state index contributed by atoms with van der Waals surface area (Å²) in [5.74, 6) is 0.0984. The van der Waals surface area contributed by atoms with Gasteiger partial charge >= 0.3 is 0 Å². The molecule has 3 aromatic rings. The Kier molecular flexibility index (Phi) is 7.41. The van der Waals surface area contributed by atoms with E-state index < -0.39 is 5.91 Å². The molecule has 0 aliphatic rings. The number of methoxy groups -OCH3 is 2. The maximum absolute atomic E-state index is 12.7. The minimum absolute atomic E-state index is 0.114. The van der Waals surface area contributed by atoms with Gasteiger partial charge in [-0.3, -0.25) is 14.9 Å². The van der Waals surface area contributed by atoms with E-state index in [4.69, 9.17) is 21.7 Å². The molecule has 164 valence electrons. The second-order valence-electron chi connectivity index (χ2n) is 6.80. The van der Waals surface area contributed by atoms with Crippen molar-refractivity contribution in [1.82, 2.24) is 5.32 Å². The van der Waals surface area contributed by atoms with Crippen LogP contribution >= 0.6 is 12.2 Å². The van der Waals surface area contributed by atoms with Crippen molar-refractivity contribution in [2.45, 2.75) is 6.92 Å². The van der Waals surface area contributed by atoms with Gasteiger partial charge in [0.1, 0.15) is 17.1 Å². The molecule has 0 heterocycles. The van der Waals surface area contributed by atoms with Gasteiger partial charge in [0.2, 0.25) is 0 Å². The molecule has 8 heteroatoms. The van der Waals surface area contributed by atoms with E-state index in [-0.39, 0.29) is 16.6 Å². The van der Waals surface area contributed by atoms with Crippen molar-refractivity contribution >= 4 is 40.5 Å². The number of carbonyl (C=O) groups is 2. The van der Waals surface area contributed by atoms with E-state index in [0.29, 0.717) is 28.4 Å². The van der Waals surface area contributed by atoms with Crippen molar-refractivity contribution in [2.75, 3.05) is 24.9 Å². The van der Waals surface area contributed by atoms with Crippen molar-refractivity contribution < 1.29 is 19.1 Å². The molecule has 0 radical (unpaired) electrons. The number of rotatable bonds is 6. The second-order valence-corrected chi connectivity index (χ2v) is 7.20. The molecule has 0 bridgehead atoms. The molecular weight excluding hydrogens is 426 g/mol. The number of amides is 2. The number of hydrogen-bond donors (Lipinski definition) is 3. The van der Waals surface area contributed by atoms with Crippen molar-refractivity contribution in [3.63, 3.8) is 0 Å². The smallest absolute Gasteiger partial charge is 0.264 e. The van der Waals surface area contributed by atoms with Gasteiger partial charge in [0.15, 0.2) is 5.11 Å². The summed E-state index contributed by atoms with van der Waals surface area (Å²) in [6.45, 7) is 1.87. The molecule has 32 heavy (non-hydrogen) atoms. The summed E-state index contributed by atoms with van der Waals surface area (Å²) in [7, 11) is 2.95. The summed E-state index contributed by atoms with van der Waals surface area (Å²) in [5, 5.41) is 8.61. The quantitative estimate of drug-likeness (QED) is 0.484. The fourth-order valence-electron chi connectivity index (χ4n) is 3.07. The van der Waals surface area contributed by atoms with Crippen LogP contribution in [0.4, 0.5) is 11.4 Å². The Hall–Kier alpha value is -3.91. The third-order valence-electron chi connectivity index (χ3n) is 4.65. The van der Waals surface area contributed by atoms with Crippen LogP contribution in [0, 0.1) is 6.92 Å². The topological polar surface area (TPSA) is 88.7 Å². The van der Waals surface area contributed by atoms with Crippen LogP contribution in [-0.2, 0) is 0 Å². The highest BCUT2D eigenvalue weighted by atomic mass is 32.1. The summed E-state index contributed by atoms with van der Waals surface area (Å²) < 4.78 is 10.5. The Morgan fingerprint density at radius 2 is 1.47 bits per heavy atom. The van der Waals surface area contributed by atoms with Crippen molar-refractivity contribution in [3.05, 3.63) is 83.4 Å². The molecule has 0 aromatic heterocycles. The number of nitrogens with one attached hydrogen (secondary N) is 3. The maximum atomic E-state index is 12.7. The van der Waals surface area contributed by atoms with Gasteiger partial charge in [0.25, 0.3) is 11.8 Å². The van der Waals surface area contributed by atoms with Crippen molar-refractivity contribution in [2.24, 2.45) is 0 Å². The predicted octanol–water partition coefficient (Wildman–Crippen LogP) is 4.39. The van der Waals surface area contributed by atoms with Gasteiger partial charge in [-0.1, -0.05) is 24.3 Å². The van der Waals surface area contributed by atoms with E-state index in [2.05, 4.69) is 16.0 Å². The molecule has 3 aromatic carbocycles. The van der Waals surface area contributed by atoms with Crippen LogP contribution in [-0.4, -0.2) is 31.1 Å². The zero-order valence-electron chi connectivity index (χ0n) is 17.9. The summed E-state index contributed by atoms with van der Waals surface area (Å²) in [6.07, 6.45) is 0. The molecular formula is C24H23N3O4S. The molecule has 0 aliphatic carbocycles. The van der Waals surface area contributed by atoms with E-state index in [1.54, 1.807) is 42.5 Å². The van der Waals surface area contributed by atoms with Gasteiger partial charge in [-0.25, -0.2) is 0 Å². The monoisotopic (exact) mass is 449 g/mol. The standard InChI is InChI=1S/C24H23N3O4S/c1-15-14-17(12-13-18(15)26-22(28)16-8-5-4-6-9-16)25-24(32)27-23(29)21-19(30-2)10-7-11-20(21)31-3/h4-14H,1-3H3,(H,26,28)(H2,25,27,29,32). The molecule has 0 spiro atoms. The van der Waals surface area contributed by atoms with E-state index >= 15 is 0 Å². The second kappa shape index (κ2) is 10.4. The van der Waals surface area contributed by atoms with E-state index in [1.807, 2.05) is 31.2 Å². The summed E-state index contributed by atoms with van der Waals surface area (Å²) in [4.78, 5) is 25.1. The number of anilines is 2. The lowest BCUT2D eigenvalue weighted by Crippen LogP contribution is -2.34. The lowest BCUT2D eigenvalue weighted by Gasteiger charge is -2.15. The number of aryl methyl sites for hydroxylation is 1. The highest BCUT2D eigenvalue weighted by Gasteiger charge is 2.19. The molecule has 3 rings (SSSR count). The molecule has 0 saturated carbocycles. The van der Waals surface area contributed by atoms with E-state index in [9.17, 15) is 9.59 Å². The van der Waals surface area contributed by atoms with Gasteiger partial charge in [-0.15, -0.1) is 0 Å². The SMILES string of the molecule is COc1cccc(OC)c1C(=O)NC(=S)Nc1ccc(NC(=O)c2ccccc2)c(C)c1. The molecule has 0 unspecified atom stereocenters. The Morgan fingerprint density at radius 1 is 0.812 bits per heavy atom. The summed E-state index contributed by atoms with van der Waals surface area (Å²) in [5.41, 5.74) is 3.00. The van der Waals surface area contributed by atoms with Crippen LogP contribution in [0.1, 0.15) is 26.3 Å². The Balaban J connectivity index is 1.67. The molecule has 0 atom stereocenters. The van der Waals surface area contributed by atoms with Crippen LogP contribution in [0.2, 0.25) is 0 Å². The zero-order chi connectivity index (χ0) is 23.1. The lowest BCUT2D eigenvalue weighted by atomic mass is 10.1. The van der Waals surface area contributed by atoms with Gasteiger partial charge in [-0.05, 0) is 67.2 Å². The highest BCUT2D eigenvalue weighted by Crippen LogP contribution is 2.28. The van der Waals surface area contributed by atoms with Gasteiger partial charge in [-0.2, -0.15) is 0 Å². The molecule has 0 fully saturated rings. The van der Waals surface area contributed by atoms with Crippen LogP contribution in [0.3, 0.4) is 0 Å². The maximum Gasteiger partial charge on any atom is 0.264 e. The zero-order valence-corrected chi connectivity index (χ0v) is 18.7. The fraction of sp³-hybridized carbons (Fsp3) is 0.125. The molecule has 0 saturated heterocycles. The minimum Gasteiger partial charge on any atom is -0.496 e. The summed E-state index contributed by atoms with van der Waals surface area (Å²) in [6, 6.07) is 19.4. The van der Waals surface area contributed by atoms with Gasteiger partial charge < -0.3 is 20.1 Å². The predicted molar refractivity (Wildman–Crippen MR) is 129 cm³/mol. The first-order chi connectivity index (χ1) is 15.4. The Labute approximate surface area is 191 Å². The molecule has 0 aliphatic heterocycles. The fourth-order valence-corrected chi connectivity index (χ4v) is 3.28. The van der Waals surface area contributed by atoms with Gasteiger partial charge in [0, 0.05) is 16.9 Å². The third kappa shape index (κ3) is 5.41. The van der Waals surface area contributed by atoms with Crippen LogP contribution < -0.4 is 25.4 Å². The van der Waals surface area contributed by atoms with Crippen molar-refractivity contribution in [1.29, 1.82) is 0 Å². The molecule has 3 N–H and O–H groups in total. The number of ether oxygens (including phenoxy) is 2. The molecule has 2 amide bonds. The van der Waals surface area contributed by atoms with Crippen LogP contribution in [0.25, 0.3) is 0 Å². The van der Waals surface area contributed by atoms with Crippen LogP contribution in [0.15, 0.2) is 66.7 Å². The first-order valence-corrected chi connectivity index (χ1v) is 10.1. The average Bonchev–Trinajstić information content (AvgIpc) is 2.80. The first-order valence-electron chi connectivity index (χ1n) is 9.73. The first kappa shape index (κ1) is 22.8. The lowest BCUT2D eigenvalue weighted by molar-refractivity contribution is 0.0970. The van der Waals surface area contributed by atoms with Gasteiger partial charge in [0.05, 0.1) is 14.2 Å². The largest absolute Gasteiger partial charge is 0.496 e. The highest BCUT2D eigenvalue weighted by molar-refractivity contribution is 7.80. The van der Waals surface area contributed by atoms with Crippen molar-refractivity contribution in [3.8, 4) is 11.5 Å². The Morgan fingerprint density at radius 3 is 2.06 bits per heavy atom. The van der Waals surface area contributed by atoms with E-state index in [1.165, 1.54) is 14.2 Å². The average molecular weight is 450 g/mol. The van der Waals surface area contributed by atoms with E-state index in [0.717, 1.165) is 5.56 Å². The number of hydrogen-bond acceptors (Lipinski definition) is 5. The normalized spacial score (nSPS) is 10.1. The number of carbonyl (C=O) groups excluding carboxylic acids is 2.